The van der Waals surface area contributed by atoms with Crippen molar-refractivity contribution in [1.29, 1.82) is 0 Å². The highest BCUT2D eigenvalue weighted by Crippen LogP contribution is 2.19. The van der Waals surface area contributed by atoms with Crippen molar-refractivity contribution in [2.24, 2.45) is 5.73 Å². The second-order valence-corrected chi connectivity index (χ2v) is 4.40. The molecule has 3 heteroatoms. The third kappa shape index (κ3) is 3.95. The van der Waals surface area contributed by atoms with Gasteiger partial charge in [-0.3, -0.25) is 0 Å². The maximum Gasteiger partial charge on any atom is 0.0524 e. The second kappa shape index (κ2) is 6.38. The molecule has 2 atom stereocenters. The van der Waals surface area contributed by atoms with E-state index in [1.54, 1.807) is 0 Å². The fourth-order valence-electron chi connectivity index (χ4n) is 2.23. The van der Waals surface area contributed by atoms with E-state index in [-0.39, 0.29) is 6.10 Å². The first-order chi connectivity index (χ1) is 6.74. The van der Waals surface area contributed by atoms with Gasteiger partial charge in [0.2, 0.25) is 0 Å². The molecule has 3 nitrogen and oxygen atoms in total. The third-order valence-electron chi connectivity index (χ3n) is 3.08. The zero-order valence-electron chi connectivity index (χ0n) is 9.28. The van der Waals surface area contributed by atoms with Gasteiger partial charge in [0.05, 0.1) is 6.10 Å². The van der Waals surface area contributed by atoms with Crippen LogP contribution < -0.4 is 5.73 Å². The van der Waals surface area contributed by atoms with E-state index in [2.05, 4.69) is 4.90 Å². The smallest absolute Gasteiger partial charge is 0.0524 e. The monoisotopic (exact) mass is 200 g/mol. The van der Waals surface area contributed by atoms with Gasteiger partial charge in [0.15, 0.2) is 0 Å². The summed E-state index contributed by atoms with van der Waals surface area (Å²) < 4.78 is 0. The predicted molar refractivity (Wildman–Crippen MR) is 59.2 cm³/mol. The molecule has 0 radical (unpaired) electrons. The molecule has 1 aliphatic rings. The Kier molecular flexibility index (Phi) is 5.45. The molecule has 0 amide bonds. The molecular weight excluding hydrogens is 176 g/mol. The van der Waals surface area contributed by atoms with Crippen molar-refractivity contribution in [2.75, 3.05) is 19.6 Å². The summed E-state index contributed by atoms with van der Waals surface area (Å²) >= 11 is 0. The molecule has 0 aromatic rings. The van der Waals surface area contributed by atoms with E-state index in [0.717, 1.165) is 25.9 Å². The Morgan fingerprint density at radius 3 is 2.93 bits per heavy atom. The summed E-state index contributed by atoms with van der Waals surface area (Å²) in [5.74, 6) is 0. The first-order valence-electron chi connectivity index (χ1n) is 5.86. The van der Waals surface area contributed by atoms with Crippen LogP contribution in [0.1, 0.15) is 39.0 Å². The number of likely N-dealkylation sites (tertiary alicyclic amines) is 1. The number of hydrogen-bond donors (Lipinski definition) is 2. The largest absolute Gasteiger partial charge is 0.393 e. The molecule has 14 heavy (non-hydrogen) atoms. The molecule has 1 heterocycles. The molecule has 3 N–H and O–H groups in total. The van der Waals surface area contributed by atoms with Crippen LogP contribution >= 0.6 is 0 Å². The highest BCUT2D eigenvalue weighted by atomic mass is 16.3. The standard InChI is InChI=1S/C11H24N2O/c1-10(14)6-9-13-8-3-2-4-11(13)5-7-12/h10-11,14H,2-9,12H2,1H3. The molecule has 0 aliphatic carbocycles. The highest BCUT2D eigenvalue weighted by Gasteiger charge is 2.21. The van der Waals surface area contributed by atoms with Gasteiger partial charge in [-0.1, -0.05) is 6.42 Å². The summed E-state index contributed by atoms with van der Waals surface area (Å²) in [4.78, 5) is 2.50. The minimum absolute atomic E-state index is 0.171. The Bertz CT molecular complexity index is 148. The summed E-state index contributed by atoms with van der Waals surface area (Å²) in [6, 6.07) is 0.674. The summed E-state index contributed by atoms with van der Waals surface area (Å²) in [6.07, 6.45) is 5.77. The van der Waals surface area contributed by atoms with E-state index in [1.807, 2.05) is 6.92 Å². The van der Waals surface area contributed by atoms with Crippen molar-refractivity contribution < 1.29 is 5.11 Å². The Hall–Kier alpha value is -0.120. The Morgan fingerprint density at radius 2 is 2.29 bits per heavy atom. The van der Waals surface area contributed by atoms with Crippen LogP contribution in [0.5, 0.6) is 0 Å². The van der Waals surface area contributed by atoms with Crippen molar-refractivity contribution >= 4 is 0 Å². The van der Waals surface area contributed by atoms with E-state index in [0.29, 0.717) is 6.04 Å². The second-order valence-electron chi connectivity index (χ2n) is 4.40. The molecule has 1 saturated heterocycles. The molecular formula is C11H24N2O. The van der Waals surface area contributed by atoms with Crippen LogP contribution in [0.4, 0.5) is 0 Å². The number of nitrogens with two attached hydrogens (primary N) is 1. The minimum atomic E-state index is -0.171. The lowest BCUT2D eigenvalue weighted by molar-refractivity contribution is 0.107. The molecule has 0 aromatic heterocycles. The van der Waals surface area contributed by atoms with Gasteiger partial charge in [0.1, 0.15) is 0 Å². The lowest BCUT2D eigenvalue weighted by Gasteiger charge is -2.35. The van der Waals surface area contributed by atoms with Crippen molar-refractivity contribution in [3.05, 3.63) is 0 Å². The quantitative estimate of drug-likeness (QED) is 0.695. The fraction of sp³-hybridized carbons (Fsp3) is 1.00. The first-order valence-corrected chi connectivity index (χ1v) is 5.86. The Morgan fingerprint density at radius 1 is 1.50 bits per heavy atom. The number of rotatable bonds is 5. The van der Waals surface area contributed by atoms with Crippen LogP contribution in [-0.4, -0.2) is 41.8 Å². The normalized spacial score (nSPS) is 26.4. The minimum Gasteiger partial charge on any atom is -0.393 e. The van der Waals surface area contributed by atoms with E-state index < -0.39 is 0 Å². The Balaban J connectivity index is 2.30. The summed E-state index contributed by atoms with van der Waals surface area (Å²) in [7, 11) is 0. The SMILES string of the molecule is CC(O)CCN1CCCCC1CCN. The molecule has 1 fully saturated rings. The van der Waals surface area contributed by atoms with Crippen LogP contribution in [0.15, 0.2) is 0 Å². The van der Waals surface area contributed by atoms with Crippen LogP contribution in [0.3, 0.4) is 0 Å². The molecule has 1 aliphatic heterocycles. The van der Waals surface area contributed by atoms with Gasteiger partial charge in [-0.2, -0.15) is 0 Å². The van der Waals surface area contributed by atoms with Crippen molar-refractivity contribution in [3.8, 4) is 0 Å². The topological polar surface area (TPSA) is 49.5 Å². The van der Waals surface area contributed by atoms with Crippen LogP contribution in [0, 0.1) is 0 Å². The molecule has 84 valence electrons. The number of hydrogen-bond acceptors (Lipinski definition) is 3. The van der Waals surface area contributed by atoms with Crippen molar-refractivity contribution in [2.45, 2.75) is 51.2 Å². The number of aliphatic hydroxyl groups excluding tert-OH is 1. The average Bonchev–Trinajstić information content (AvgIpc) is 2.17. The first kappa shape index (κ1) is 12.0. The van der Waals surface area contributed by atoms with E-state index in [1.165, 1.54) is 25.8 Å². The summed E-state index contributed by atoms with van der Waals surface area (Å²) in [5.41, 5.74) is 5.60. The Labute approximate surface area is 87.3 Å². The van der Waals surface area contributed by atoms with Gasteiger partial charge in [-0.15, -0.1) is 0 Å². The summed E-state index contributed by atoms with van der Waals surface area (Å²) in [5, 5.41) is 9.25. The van der Waals surface area contributed by atoms with Gasteiger partial charge in [-0.25, -0.2) is 0 Å². The van der Waals surface area contributed by atoms with Gasteiger partial charge in [0.25, 0.3) is 0 Å². The maximum atomic E-state index is 9.25. The maximum absolute atomic E-state index is 9.25. The lowest BCUT2D eigenvalue weighted by Crippen LogP contribution is -2.41. The van der Waals surface area contributed by atoms with E-state index in [9.17, 15) is 5.11 Å². The van der Waals surface area contributed by atoms with Gasteiger partial charge >= 0.3 is 0 Å². The van der Waals surface area contributed by atoms with Crippen molar-refractivity contribution in [1.82, 2.24) is 4.90 Å². The molecule has 0 saturated carbocycles. The molecule has 0 bridgehead atoms. The van der Waals surface area contributed by atoms with Gasteiger partial charge < -0.3 is 15.7 Å². The van der Waals surface area contributed by atoms with Crippen molar-refractivity contribution in [3.63, 3.8) is 0 Å². The van der Waals surface area contributed by atoms with Crippen LogP contribution in [0.2, 0.25) is 0 Å². The predicted octanol–water partition coefficient (Wildman–Crippen LogP) is 0.961. The fourth-order valence-corrected chi connectivity index (χ4v) is 2.23. The molecule has 2 unspecified atom stereocenters. The van der Waals surface area contributed by atoms with Crippen LogP contribution in [-0.2, 0) is 0 Å². The molecule has 0 spiro atoms. The zero-order valence-corrected chi connectivity index (χ0v) is 9.28. The molecule has 0 aromatic carbocycles. The van der Waals surface area contributed by atoms with Crippen LogP contribution in [0.25, 0.3) is 0 Å². The number of aliphatic hydroxyl groups is 1. The zero-order chi connectivity index (χ0) is 10.4. The number of piperidine rings is 1. The molecule has 1 rings (SSSR count). The average molecular weight is 200 g/mol. The highest BCUT2D eigenvalue weighted by molar-refractivity contribution is 4.77. The third-order valence-corrected chi connectivity index (χ3v) is 3.08. The van der Waals surface area contributed by atoms with E-state index in [4.69, 9.17) is 5.73 Å². The van der Waals surface area contributed by atoms with Gasteiger partial charge in [-0.05, 0) is 45.7 Å². The summed E-state index contributed by atoms with van der Waals surface area (Å²) in [6.45, 7) is 4.87. The van der Waals surface area contributed by atoms with E-state index >= 15 is 0 Å². The lowest BCUT2D eigenvalue weighted by atomic mass is 9.99. The van der Waals surface area contributed by atoms with Gasteiger partial charge in [0, 0.05) is 12.6 Å². The number of nitrogens with zero attached hydrogens (tertiary/aromatic N) is 1.